The van der Waals surface area contributed by atoms with Gasteiger partial charge in [-0.25, -0.2) is 0 Å². The highest BCUT2D eigenvalue weighted by Crippen LogP contribution is 2.57. The van der Waals surface area contributed by atoms with E-state index in [1.54, 1.807) is 0 Å². The Labute approximate surface area is 165 Å². The van der Waals surface area contributed by atoms with E-state index < -0.39 is 0 Å². The molecule has 3 aliphatic carbocycles. The number of amides is 1. The van der Waals surface area contributed by atoms with Crippen molar-refractivity contribution in [2.24, 2.45) is 23.7 Å². The van der Waals surface area contributed by atoms with E-state index in [0.717, 1.165) is 17.5 Å². The molecule has 1 N–H and O–H groups in total. The quantitative estimate of drug-likeness (QED) is 0.815. The summed E-state index contributed by atoms with van der Waals surface area (Å²) in [6, 6.07) is 19.5. The molecule has 5 rings (SSSR count). The fourth-order valence-electron chi connectivity index (χ4n) is 5.31. The van der Waals surface area contributed by atoms with Crippen molar-refractivity contribution in [3.8, 4) is 0 Å². The van der Waals surface area contributed by atoms with Crippen molar-refractivity contribution in [1.29, 1.82) is 0 Å². The van der Waals surface area contributed by atoms with Gasteiger partial charge in [-0.2, -0.15) is 0 Å². The van der Waals surface area contributed by atoms with Crippen LogP contribution in [0.1, 0.15) is 30.5 Å². The molecule has 0 spiro atoms. The van der Waals surface area contributed by atoms with Gasteiger partial charge in [0.2, 0.25) is 5.91 Å². The second-order valence-corrected chi connectivity index (χ2v) is 8.12. The van der Waals surface area contributed by atoms with E-state index in [1.807, 2.05) is 67.6 Å². The highest BCUT2D eigenvalue weighted by molar-refractivity contribution is 6.31. The molecule has 0 radical (unpaired) electrons. The van der Waals surface area contributed by atoms with Crippen LogP contribution in [-0.2, 0) is 9.59 Å². The van der Waals surface area contributed by atoms with Crippen molar-refractivity contribution < 1.29 is 9.59 Å². The molecular formula is C25H23NO2. The smallest absolute Gasteiger partial charge is 0.248 e. The van der Waals surface area contributed by atoms with Crippen molar-refractivity contribution in [2.45, 2.75) is 19.4 Å². The summed E-state index contributed by atoms with van der Waals surface area (Å²) in [7, 11) is 0. The molecule has 3 heteroatoms. The maximum absolute atomic E-state index is 13.4. The predicted octanol–water partition coefficient (Wildman–Crippen LogP) is 4.34. The molecule has 2 aromatic rings. The first-order valence-electron chi connectivity index (χ1n) is 10.0. The maximum atomic E-state index is 13.4. The Balaban J connectivity index is 1.54. The number of Topliss-reactive ketones (excluding diaryl/α,β-unsaturated/α-hetero) is 1. The zero-order valence-corrected chi connectivity index (χ0v) is 15.8. The Bertz CT molecular complexity index is 990. The van der Waals surface area contributed by atoms with Gasteiger partial charge in [0.25, 0.3) is 0 Å². The molecule has 5 atom stereocenters. The Morgan fingerprint density at radius 3 is 2.21 bits per heavy atom. The van der Waals surface area contributed by atoms with E-state index in [0.29, 0.717) is 17.1 Å². The summed E-state index contributed by atoms with van der Waals surface area (Å²) in [5.74, 6) is 0.562. The first-order chi connectivity index (χ1) is 13.6. The van der Waals surface area contributed by atoms with Crippen LogP contribution in [0.25, 0.3) is 5.57 Å². The number of carbonyl (C=O) groups excluding carboxylic acids is 2. The van der Waals surface area contributed by atoms with E-state index in [1.165, 1.54) is 0 Å². The lowest BCUT2D eigenvalue weighted by Gasteiger charge is -2.23. The molecule has 0 saturated heterocycles. The Kier molecular flexibility index (Phi) is 4.04. The maximum Gasteiger partial charge on any atom is 0.248 e. The summed E-state index contributed by atoms with van der Waals surface area (Å²) >= 11 is 0. The van der Waals surface area contributed by atoms with Crippen LogP contribution in [-0.4, -0.2) is 11.7 Å². The highest BCUT2D eigenvalue weighted by atomic mass is 16.2. The SMILES string of the molecule is C[C@H](NC(=O)C1=C(c2ccccc2)C(=O)C2C3C=CC(C3)C12)c1ccccc1. The van der Waals surface area contributed by atoms with Gasteiger partial charge in [-0.05, 0) is 36.3 Å². The van der Waals surface area contributed by atoms with Gasteiger partial charge in [0.05, 0.1) is 6.04 Å². The fraction of sp³-hybridized carbons (Fsp3) is 0.280. The van der Waals surface area contributed by atoms with Crippen LogP contribution in [0, 0.1) is 23.7 Å². The van der Waals surface area contributed by atoms with Gasteiger partial charge < -0.3 is 5.32 Å². The summed E-state index contributed by atoms with van der Waals surface area (Å²) in [6.45, 7) is 1.99. The fourth-order valence-corrected chi connectivity index (χ4v) is 5.31. The molecule has 28 heavy (non-hydrogen) atoms. The van der Waals surface area contributed by atoms with Gasteiger partial charge in [0.1, 0.15) is 0 Å². The first kappa shape index (κ1) is 17.2. The van der Waals surface area contributed by atoms with Gasteiger partial charge in [0.15, 0.2) is 5.78 Å². The molecule has 1 fully saturated rings. The number of fused-ring (bicyclic) bond motifs is 5. The van der Waals surface area contributed by atoms with Gasteiger partial charge in [-0.3, -0.25) is 9.59 Å². The van der Waals surface area contributed by atoms with Crippen molar-refractivity contribution >= 4 is 17.3 Å². The number of ketones is 1. The highest BCUT2D eigenvalue weighted by Gasteiger charge is 2.56. The summed E-state index contributed by atoms with van der Waals surface area (Å²) in [5.41, 5.74) is 3.25. The topological polar surface area (TPSA) is 46.2 Å². The third kappa shape index (κ3) is 2.57. The third-order valence-electron chi connectivity index (χ3n) is 6.57. The average molecular weight is 369 g/mol. The molecule has 1 saturated carbocycles. The summed E-state index contributed by atoms with van der Waals surface area (Å²) in [6.07, 6.45) is 5.38. The molecular weight excluding hydrogens is 346 g/mol. The minimum Gasteiger partial charge on any atom is -0.346 e. The molecule has 0 aliphatic heterocycles. The number of nitrogens with one attached hydrogen (secondary N) is 1. The monoisotopic (exact) mass is 369 g/mol. The van der Waals surface area contributed by atoms with Crippen molar-refractivity contribution in [3.05, 3.63) is 89.5 Å². The van der Waals surface area contributed by atoms with Gasteiger partial charge >= 0.3 is 0 Å². The van der Waals surface area contributed by atoms with Gasteiger partial charge in [0, 0.05) is 23.0 Å². The standard InChI is InChI=1S/C25H23NO2/c1-15(16-8-4-2-5-9-16)26-25(28)23-20-18-12-13-19(14-18)22(20)24(27)21(23)17-10-6-3-7-11-17/h2-13,15,18-20,22H,14H2,1H3,(H,26,28)/t15-,18?,19?,20?,22?/m0/s1. The molecule has 1 amide bonds. The minimum atomic E-state index is -0.110. The number of rotatable bonds is 4. The molecule has 0 heterocycles. The summed E-state index contributed by atoms with van der Waals surface area (Å²) in [5, 5.41) is 3.16. The van der Waals surface area contributed by atoms with Crippen LogP contribution in [0.3, 0.4) is 0 Å². The Morgan fingerprint density at radius 2 is 1.54 bits per heavy atom. The van der Waals surface area contributed by atoms with Crippen LogP contribution >= 0.6 is 0 Å². The predicted molar refractivity (Wildman–Crippen MR) is 109 cm³/mol. The van der Waals surface area contributed by atoms with E-state index >= 15 is 0 Å². The number of carbonyl (C=O) groups is 2. The van der Waals surface area contributed by atoms with Crippen LogP contribution in [0.4, 0.5) is 0 Å². The Hall–Kier alpha value is -2.94. The largest absolute Gasteiger partial charge is 0.346 e. The van der Waals surface area contributed by atoms with Crippen molar-refractivity contribution in [3.63, 3.8) is 0 Å². The van der Waals surface area contributed by atoms with Crippen molar-refractivity contribution in [1.82, 2.24) is 5.32 Å². The van der Waals surface area contributed by atoms with E-state index in [9.17, 15) is 9.59 Å². The number of allylic oxidation sites excluding steroid dienone is 3. The van der Waals surface area contributed by atoms with Gasteiger partial charge in [-0.15, -0.1) is 0 Å². The lowest BCUT2D eigenvalue weighted by Crippen LogP contribution is -2.32. The van der Waals surface area contributed by atoms with Crippen LogP contribution < -0.4 is 5.32 Å². The Morgan fingerprint density at radius 1 is 0.929 bits per heavy atom. The number of hydrogen-bond donors (Lipinski definition) is 1. The third-order valence-corrected chi connectivity index (χ3v) is 6.57. The van der Waals surface area contributed by atoms with Gasteiger partial charge in [-0.1, -0.05) is 72.8 Å². The molecule has 140 valence electrons. The first-order valence-corrected chi connectivity index (χ1v) is 10.0. The molecule has 2 aromatic carbocycles. The normalized spacial score (nSPS) is 28.5. The summed E-state index contributed by atoms with van der Waals surface area (Å²) in [4.78, 5) is 26.8. The molecule has 2 bridgehead atoms. The molecule has 0 aromatic heterocycles. The number of benzene rings is 2. The average Bonchev–Trinajstić information content (AvgIpc) is 3.41. The zero-order chi connectivity index (χ0) is 19.3. The second-order valence-electron chi connectivity index (χ2n) is 8.12. The second kappa shape index (κ2) is 6.59. The van der Waals surface area contributed by atoms with Crippen molar-refractivity contribution in [2.75, 3.05) is 0 Å². The number of hydrogen-bond acceptors (Lipinski definition) is 2. The van der Waals surface area contributed by atoms with Crippen LogP contribution in [0.5, 0.6) is 0 Å². The van der Waals surface area contributed by atoms with E-state index in [2.05, 4.69) is 17.5 Å². The molecule has 3 nitrogen and oxygen atoms in total. The van der Waals surface area contributed by atoms with Crippen LogP contribution in [0.2, 0.25) is 0 Å². The lowest BCUT2D eigenvalue weighted by molar-refractivity contribution is -0.118. The summed E-state index contributed by atoms with van der Waals surface area (Å²) < 4.78 is 0. The van der Waals surface area contributed by atoms with E-state index in [4.69, 9.17) is 0 Å². The molecule has 4 unspecified atom stereocenters. The van der Waals surface area contributed by atoms with Crippen LogP contribution in [0.15, 0.2) is 78.4 Å². The lowest BCUT2D eigenvalue weighted by atomic mass is 9.81. The molecule has 3 aliphatic rings. The minimum absolute atomic E-state index is 0.0145. The van der Waals surface area contributed by atoms with E-state index in [-0.39, 0.29) is 35.5 Å². The zero-order valence-electron chi connectivity index (χ0n) is 15.8.